The van der Waals surface area contributed by atoms with Gasteiger partial charge in [-0.15, -0.1) is 0 Å². The minimum atomic E-state index is -2.90. The molecule has 1 aromatic carbocycles. The van der Waals surface area contributed by atoms with Crippen molar-refractivity contribution in [1.82, 2.24) is 4.90 Å². The average Bonchev–Trinajstić information content (AvgIpc) is 2.86. The van der Waals surface area contributed by atoms with Gasteiger partial charge in [0.05, 0.1) is 0 Å². The van der Waals surface area contributed by atoms with Gasteiger partial charge in [-0.05, 0) is 37.0 Å². The van der Waals surface area contributed by atoms with Gasteiger partial charge >= 0.3 is 6.61 Å². The van der Waals surface area contributed by atoms with Crippen LogP contribution in [0.15, 0.2) is 24.3 Å². The second kappa shape index (κ2) is 6.65. The lowest BCUT2D eigenvalue weighted by atomic mass is 10.1. The van der Waals surface area contributed by atoms with Gasteiger partial charge in [0.15, 0.2) is 0 Å². The molecule has 1 atom stereocenters. The van der Waals surface area contributed by atoms with Crippen LogP contribution in [0.5, 0.6) is 5.75 Å². The molecule has 0 radical (unpaired) electrons. The van der Waals surface area contributed by atoms with Gasteiger partial charge in [-0.1, -0.05) is 6.07 Å². The lowest BCUT2D eigenvalue weighted by Gasteiger charge is -2.17. The van der Waals surface area contributed by atoms with Crippen molar-refractivity contribution in [3.05, 3.63) is 29.8 Å². The number of benzene rings is 1. The molecule has 4 nitrogen and oxygen atoms in total. The first-order chi connectivity index (χ1) is 9.60. The zero-order valence-electron chi connectivity index (χ0n) is 11.0. The molecule has 0 spiro atoms. The highest BCUT2D eigenvalue weighted by Crippen LogP contribution is 2.23. The van der Waals surface area contributed by atoms with Gasteiger partial charge in [-0.3, -0.25) is 4.79 Å². The van der Waals surface area contributed by atoms with Crippen molar-refractivity contribution in [2.45, 2.75) is 19.5 Å². The van der Waals surface area contributed by atoms with E-state index < -0.39 is 6.61 Å². The van der Waals surface area contributed by atoms with Gasteiger partial charge < -0.3 is 14.7 Å². The Morgan fingerprint density at radius 2 is 2.30 bits per heavy atom. The van der Waals surface area contributed by atoms with Crippen LogP contribution in [0.2, 0.25) is 0 Å². The maximum Gasteiger partial charge on any atom is 0.387 e. The molecule has 1 unspecified atom stereocenters. The Bertz CT molecular complexity index is 467. The van der Waals surface area contributed by atoms with Crippen molar-refractivity contribution in [3.8, 4) is 5.75 Å². The number of rotatable bonds is 5. The van der Waals surface area contributed by atoms with E-state index in [1.807, 2.05) is 0 Å². The van der Waals surface area contributed by atoms with E-state index in [4.69, 9.17) is 5.11 Å². The topological polar surface area (TPSA) is 49.8 Å². The third-order valence-corrected chi connectivity index (χ3v) is 3.42. The number of carbonyl (C=O) groups excluding carboxylic acids is 1. The Morgan fingerprint density at radius 3 is 3.00 bits per heavy atom. The van der Waals surface area contributed by atoms with Crippen LogP contribution in [-0.2, 0) is 0 Å². The molecule has 1 amide bonds. The molecular formula is C14H17F2NO3. The van der Waals surface area contributed by atoms with Gasteiger partial charge in [-0.25, -0.2) is 0 Å². The van der Waals surface area contributed by atoms with E-state index in [-0.39, 0.29) is 18.3 Å². The molecule has 1 aromatic rings. The maximum atomic E-state index is 12.3. The minimum absolute atomic E-state index is 0.0167. The number of hydrogen-bond donors (Lipinski definition) is 1. The van der Waals surface area contributed by atoms with Gasteiger partial charge in [0.2, 0.25) is 0 Å². The van der Waals surface area contributed by atoms with E-state index in [1.165, 1.54) is 18.2 Å². The smallest absolute Gasteiger partial charge is 0.387 e. The van der Waals surface area contributed by atoms with E-state index in [0.29, 0.717) is 31.0 Å². The zero-order chi connectivity index (χ0) is 14.5. The monoisotopic (exact) mass is 285 g/mol. The third kappa shape index (κ3) is 3.66. The molecule has 1 heterocycles. The summed E-state index contributed by atoms with van der Waals surface area (Å²) in [5, 5.41) is 8.90. The van der Waals surface area contributed by atoms with Gasteiger partial charge in [0.1, 0.15) is 5.75 Å². The Balaban J connectivity index is 2.02. The fraction of sp³-hybridized carbons (Fsp3) is 0.500. The second-order valence-corrected chi connectivity index (χ2v) is 4.82. The molecule has 1 fully saturated rings. The number of carbonyl (C=O) groups is 1. The van der Waals surface area contributed by atoms with Crippen LogP contribution >= 0.6 is 0 Å². The molecule has 1 saturated heterocycles. The largest absolute Gasteiger partial charge is 0.435 e. The fourth-order valence-corrected chi connectivity index (χ4v) is 2.42. The van der Waals surface area contributed by atoms with Crippen LogP contribution in [0, 0.1) is 5.92 Å². The lowest BCUT2D eigenvalue weighted by molar-refractivity contribution is -0.0499. The van der Waals surface area contributed by atoms with E-state index in [2.05, 4.69) is 4.74 Å². The van der Waals surface area contributed by atoms with Gasteiger partial charge in [-0.2, -0.15) is 8.78 Å². The first kappa shape index (κ1) is 14.7. The molecule has 0 aromatic heterocycles. The van der Waals surface area contributed by atoms with Crippen LogP contribution in [0.1, 0.15) is 23.2 Å². The Labute approximate surface area is 116 Å². The highest BCUT2D eigenvalue weighted by molar-refractivity contribution is 5.94. The quantitative estimate of drug-likeness (QED) is 0.901. The number of likely N-dealkylation sites (tertiary alicyclic amines) is 1. The second-order valence-electron chi connectivity index (χ2n) is 4.82. The number of ether oxygens (including phenoxy) is 1. The van der Waals surface area contributed by atoms with Crippen LogP contribution < -0.4 is 4.74 Å². The third-order valence-electron chi connectivity index (χ3n) is 3.42. The number of amides is 1. The van der Waals surface area contributed by atoms with Crippen molar-refractivity contribution in [2.75, 3.05) is 19.7 Å². The Hall–Kier alpha value is -1.69. The normalized spacial score (nSPS) is 18.6. The summed E-state index contributed by atoms with van der Waals surface area (Å²) in [6, 6.07) is 5.82. The number of alkyl halides is 2. The Morgan fingerprint density at radius 1 is 1.50 bits per heavy atom. The first-order valence-electron chi connectivity index (χ1n) is 6.55. The summed E-state index contributed by atoms with van der Waals surface area (Å²) in [6.07, 6.45) is 1.54. The zero-order valence-corrected chi connectivity index (χ0v) is 11.0. The molecule has 0 bridgehead atoms. The van der Waals surface area contributed by atoms with Crippen molar-refractivity contribution in [2.24, 2.45) is 5.92 Å². The number of aliphatic hydroxyl groups excluding tert-OH is 1. The van der Waals surface area contributed by atoms with E-state index in [0.717, 1.165) is 6.42 Å². The number of halogens is 2. The predicted molar refractivity (Wildman–Crippen MR) is 68.8 cm³/mol. The standard InChI is InChI=1S/C14H17F2NO3/c15-14(16)20-12-3-1-2-11(8-12)13(19)17-6-4-10(9-17)5-7-18/h1-3,8,10,14,18H,4-7,9H2. The summed E-state index contributed by atoms with van der Waals surface area (Å²) in [4.78, 5) is 13.9. The van der Waals surface area contributed by atoms with E-state index >= 15 is 0 Å². The number of nitrogens with zero attached hydrogens (tertiary/aromatic N) is 1. The molecule has 0 aliphatic carbocycles. The first-order valence-corrected chi connectivity index (χ1v) is 6.55. The number of hydrogen-bond acceptors (Lipinski definition) is 3. The van der Waals surface area contributed by atoms with Crippen molar-refractivity contribution in [1.29, 1.82) is 0 Å². The van der Waals surface area contributed by atoms with E-state index in [9.17, 15) is 13.6 Å². The molecule has 2 rings (SSSR count). The van der Waals surface area contributed by atoms with E-state index in [1.54, 1.807) is 11.0 Å². The molecule has 1 N–H and O–H groups in total. The summed E-state index contributed by atoms with van der Waals surface area (Å²) in [5.74, 6) is 0.103. The maximum absolute atomic E-state index is 12.3. The molecular weight excluding hydrogens is 268 g/mol. The van der Waals surface area contributed by atoms with Crippen molar-refractivity contribution < 1.29 is 23.4 Å². The average molecular weight is 285 g/mol. The SMILES string of the molecule is O=C(c1cccc(OC(F)F)c1)N1CCC(CCO)C1. The molecule has 0 saturated carbocycles. The van der Waals surface area contributed by atoms with Crippen LogP contribution in [0.25, 0.3) is 0 Å². The predicted octanol–water partition coefficient (Wildman–Crippen LogP) is 2.13. The number of aliphatic hydroxyl groups is 1. The molecule has 1 aliphatic heterocycles. The summed E-state index contributed by atoms with van der Waals surface area (Å²) in [6.45, 7) is -1.56. The van der Waals surface area contributed by atoms with Crippen molar-refractivity contribution >= 4 is 5.91 Å². The van der Waals surface area contributed by atoms with Gasteiger partial charge in [0.25, 0.3) is 5.91 Å². The Kier molecular flexibility index (Phi) is 4.89. The van der Waals surface area contributed by atoms with Crippen molar-refractivity contribution in [3.63, 3.8) is 0 Å². The highest BCUT2D eigenvalue weighted by atomic mass is 19.3. The summed E-state index contributed by atoms with van der Waals surface area (Å²) >= 11 is 0. The molecule has 110 valence electrons. The molecule has 1 aliphatic rings. The molecule has 20 heavy (non-hydrogen) atoms. The van der Waals surface area contributed by atoms with Crippen LogP contribution in [-0.4, -0.2) is 42.2 Å². The fourth-order valence-electron chi connectivity index (χ4n) is 2.42. The highest BCUT2D eigenvalue weighted by Gasteiger charge is 2.26. The summed E-state index contributed by atoms with van der Waals surface area (Å²) in [5.41, 5.74) is 0.341. The molecule has 6 heteroatoms. The van der Waals surface area contributed by atoms with Crippen LogP contribution in [0.3, 0.4) is 0 Å². The lowest BCUT2D eigenvalue weighted by Crippen LogP contribution is -2.28. The summed E-state index contributed by atoms with van der Waals surface area (Å²) < 4.78 is 28.6. The minimum Gasteiger partial charge on any atom is -0.435 e. The van der Waals surface area contributed by atoms with Gasteiger partial charge in [0, 0.05) is 25.3 Å². The summed E-state index contributed by atoms with van der Waals surface area (Å²) in [7, 11) is 0. The van der Waals surface area contributed by atoms with Crippen LogP contribution in [0.4, 0.5) is 8.78 Å².